The van der Waals surface area contributed by atoms with Crippen molar-refractivity contribution in [2.24, 2.45) is 0 Å². The maximum atomic E-state index is 12.9. The second kappa shape index (κ2) is 7.97. The van der Waals surface area contributed by atoms with Crippen LogP contribution >= 0.6 is 0 Å². The van der Waals surface area contributed by atoms with E-state index in [0.717, 1.165) is 30.5 Å². The Kier molecular flexibility index (Phi) is 5.44. The molecular formula is C19H12F3N3O4. The van der Waals surface area contributed by atoms with Crippen molar-refractivity contribution in [2.75, 3.05) is 5.32 Å². The standard InChI is InChI=1S/C19H12F3N3O4/c20-19(21,22)12-5-4-6-13(11-12)24-17-16(15(25(27)28)9-10-23-17)18(26)29-14-7-2-1-3-8-14/h1-11H,(H,23,24). The van der Waals surface area contributed by atoms with E-state index in [9.17, 15) is 28.1 Å². The lowest BCUT2D eigenvalue weighted by atomic mass is 10.1. The van der Waals surface area contributed by atoms with Crippen LogP contribution in [0.5, 0.6) is 5.75 Å². The van der Waals surface area contributed by atoms with E-state index in [-0.39, 0.29) is 17.3 Å². The summed E-state index contributed by atoms with van der Waals surface area (Å²) in [6.07, 6.45) is -3.52. The van der Waals surface area contributed by atoms with Gasteiger partial charge in [0.2, 0.25) is 0 Å². The first-order chi connectivity index (χ1) is 13.8. The van der Waals surface area contributed by atoms with Gasteiger partial charge in [-0.3, -0.25) is 10.1 Å². The van der Waals surface area contributed by atoms with Gasteiger partial charge < -0.3 is 10.1 Å². The van der Waals surface area contributed by atoms with Gasteiger partial charge in [0.05, 0.1) is 10.5 Å². The molecule has 10 heteroatoms. The molecule has 3 aromatic rings. The summed E-state index contributed by atoms with van der Waals surface area (Å²) in [5, 5.41) is 13.9. The molecule has 0 unspecified atom stereocenters. The van der Waals surface area contributed by atoms with Gasteiger partial charge >= 0.3 is 12.1 Å². The zero-order valence-electron chi connectivity index (χ0n) is 14.5. The third-order valence-corrected chi connectivity index (χ3v) is 3.74. The zero-order chi connectivity index (χ0) is 21.0. The van der Waals surface area contributed by atoms with E-state index in [0.29, 0.717) is 0 Å². The van der Waals surface area contributed by atoms with Crippen LogP contribution < -0.4 is 10.1 Å². The molecule has 2 aromatic carbocycles. The van der Waals surface area contributed by atoms with Gasteiger partial charge in [0.15, 0.2) is 11.4 Å². The molecule has 0 saturated carbocycles. The molecule has 1 N–H and O–H groups in total. The van der Waals surface area contributed by atoms with Gasteiger partial charge in [-0.1, -0.05) is 24.3 Å². The number of para-hydroxylation sites is 1. The van der Waals surface area contributed by atoms with E-state index in [4.69, 9.17) is 4.74 Å². The highest BCUT2D eigenvalue weighted by molar-refractivity contribution is 6.00. The molecule has 0 radical (unpaired) electrons. The fourth-order valence-corrected chi connectivity index (χ4v) is 2.46. The Morgan fingerprint density at radius 3 is 2.45 bits per heavy atom. The Labute approximate surface area is 161 Å². The number of carbonyl (C=O) groups excluding carboxylic acids is 1. The van der Waals surface area contributed by atoms with Crippen LogP contribution in [0.1, 0.15) is 15.9 Å². The smallest absolute Gasteiger partial charge is 0.416 e. The summed E-state index contributed by atoms with van der Waals surface area (Å²) in [6.45, 7) is 0. The highest BCUT2D eigenvalue weighted by atomic mass is 19.4. The summed E-state index contributed by atoms with van der Waals surface area (Å²) in [4.78, 5) is 27.0. The number of nitro groups is 1. The van der Waals surface area contributed by atoms with Crippen LogP contribution in [0.25, 0.3) is 0 Å². The monoisotopic (exact) mass is 403 g/mol. The summed E-state index contributed by atoms with van der Waals surface area (Å²) in [7, 11) is 0. The van der Waals surface area contributed by atoms with E-state index in [2.05, 4.69) is 10.3 Å². The molecule has 0 aliphatic heterocycles. The van der Waals surface area contributed by atoms with Crippen molar-refractivity contribution >= 4 is 23.2 Å². The Morgan fingerprint density at radius 1 is 1.07 bits per heavy atom. The van der Waals surface area contributed by atoms with E-state index < -0.39 is 33.9 Å². The number of hydrogen-bond acceptors (Lipinski definition) is 6. The van der Waals surface area contributed by atoms with Crippen LogP contribution in [0.2, 0.25) is 0 Å². The van der Waals surface area contributed by atoms with Gasteiger partial charge in [0, 0.05) is 18.0 Å². The number of ether oxygens (including phenoxy) is 1. The van der Waals surface area contributed by atoms with Crippen LogP contribution in [-0.2, 0) is 6.18 Å². The number of pyridine rings is 1. The summed E-state index contributed by atoms with van der Waals surface area (Å²) in [6, 6.07) is 13.0. The summed E-state index contributed by atoms with van der Waals surface area (Å²) in [5.41, 5.74) is -2.10. The van der Waals surface area contributed by atoms with E-state index in [1.807, 2.05) is 0 Å². The number of hydrogen-bond donors (Lipinski definition) is 1. The lowest BCUT2D eigenvalue weighted by Crippen LogP contribution is -2.15. The van der Waals surface area contributed by atoms with Crippen molar-refractivity contribution in [2.45, 2.75) is 6.18 Å². The molecule has 0 fully saturated rings. The molecule has 0 saturated heterocycles. The lowest BCUT2D eigenvalue weighted by Gasteiger charge is -2.13. The molecule has 1 heterocycles. The number of esters is 1. The average molecular weight is 403 g/mol. The van der Waals surface area contributed by atoms with Crippen LogP contribution in [0.4, 0.5) is 30.4 Å². The van der Waals surface area contributed by atoms with Gasteiger partial charge in [-0.2, -0.15) is 13.2 Å². The van der Waals surface area contributed by atoms with Crippen molar-refractivity contribution < 1.29 is 27.6 Å². The Hall–Kier alpha value is -3.95. The number of halogens is 3. The number of carbonyl (C=O) groups is 1. The van der Waals surface area contributed by atoms with Crippen LogP contribution in [0.15, 0.2) is 66.9 Å². The van der Waals surface area contributed by atoms with Gasteiger partial charge in [0.25, 0.3) is 5.69 Å². The fourth-order valence-electron chi connectivity index (χ4n) is 2.46. The first-order valence-electron chi connectivity index (χ1n) is 8.10. The molecule has 3 rings (SSSR count). The second-order valence-corrected chi connectivity index (χ2v) is 5.72. The van der Waals surface area contributed by atoms with Gasteiger partial charge in [-0.25, -0.2) is 9.78 Å². The van der Waals surface area contributed by atoms with Gasteiger partial charge in [-0.05, 0) is 30.3 Å². The number of nitrogens with one attached hydrogen (secondary N) is 1. The second-order valence-electron chi connectivity index (χ2n) is 5.72. The van der Waals surface area contributed by atoms with Crippen LogP contribution in [0, 0.1) is 10.1 Å². The largest absolute Gasteiger partial charge is 0.423 e. The first kappa shape index (κ1) is 19.8. The molecule has 7 nitrogen and oxygen atoms in total. The minimum absolute atomic E-state index is 0.0541. The molecule has 0 aliphatic carbocycles. The number of benzene rings is 2. The first-order valence-corrected chi connectivity index (χ1v) is 8.10. The third kappa shape index (κ3) is 4.67. The predicted octanol–water partition coefficient (Wildman–Crippen LogP) is 4.97. The van der Waals surface area contributed by atoms with Crippen molar-refractivity contribution in [3.63, 3.8) is 0 Å². The molecule has 29 heavy (non-hydrogen) atoms. The Morgan fingerprint density at radius 2 is 1.79 bits per heavy atom. The lowest BCUT2D eigenvalue weighted by molar-refractivity contribution is -0.385. The topological polar surface area (TPSA) is 94.4 Å². The third-order valence-electron chi connectivity index (χ3n) is 3.74. The van der Waals surface area contributed by atoms with Crippen molar-refractivity contribution in [3.05, 3.63) is 88.1 Å². The molecule has 0 aliphatic rings. The van der Waals surface area contributed by atoms with Crippen molar-refractivity contribution in [3.8, 4) is 5.75 Å². The highest BCUT2D eigenvalue weighted by Gasteiger charge is 2.31. The summed E-state index contributed by atoms with van der Waals surface area (Å²) >= 11 is 0. The maximum absolute atomic E-state index is 12.9. The number of anilines is 2. The molecule has 0 bridgehead atoms. The highest BCUT2D eigenvalue weighted by Crippen LogP contribution is 2.33. The Bertz CT molecular complexity index is 1060. The minimum atomic E-state index is -4.58. The molecular weight excluding hydrogens is 391 g/mol. The van der Waals surface area contributed by atoms with E-state index in [1.54, 1.807) is 18.2 Å². The minimum Gasteiger partial charge on any atom is -0.423 e. The van der Waals surface area contributed by atoms with E-state index >= 15 is 0 Å². The van der Waals surface area contributed by atoms with Crippen LogP contribution in [0.3, 0.4) is 0 Å². The predicted molar refractivity (Wildman–Crippen MR) is 97.0 cm³/mol. The quantitative estimate of drug-likeness (QED) is 0.280. The number of rotatable bonds is 5. The van der Waals surface area contributed by atoms with Gasteiger partial charge in [-0.15, -0.1) is 0 Å². The summed E-state index contributed by atoms with van der Waals surface area (Å²) in [5.74, 6) is -1.24. The van der Waals surface area contributed by atoms with Crippen molar-refractivity contribution in [1.29, 1.82) is 0 Å². The van der Waals surface area contributed by atoms with Crippen LogP contribution in [-0.4, -0.2) is 15.9 Å². The Balaban J connectivity index is 2.00. The van der Waals surface area contributed by atoms with Crippen molar-refractivity contribution in [1.82, 2.24) is 4.98 Å². The zero-order valence-corrected chi connectivity index (χ0v) is 14.5. The molecule has 0 spiro atoms. The maximum Gasteiger partial charge on any atom is 0.416 e. The number of nitrogens with zero attached hydrogens (tertiary/aromatic N) is 2. The number of aromatic nitrogens is 1. The summed E-state index contributed by atoms with van der Waals surface area (Å²) < 4.78 is 43.9. The molecule has 0 atom stereocenters. The molecule has 1 aromatic heterocycles. The number of alkyl halides is 3. The molecule has 148 valence electrons. The normalized spacial score (nSPS) is 11.0. The average Bonchev–Trinajstić information content (AvgIpc) is 2.68. The fraction of sp³-hybridized carbons (Fsp3) is 0.0526. The van der Waals surface area contributed by atoms with Gasteiger partial charge in [0.1, 0.15) is 5.75 Å². The SMILES string of the molecule is O=C(Oc1ccccc1)c1c([N+](=O)[O-])ccnc1Nc1cccc(C(F)(F)F)c1. The van der Waals surface area contributed by atoms with E-state index in [1.165, 1.54) is 18.2 Å². The molecule has 0 amide bonds.